The maximum Gasteiger partial charge on any atom is 0.343 e. The molecule has 1 saturated carbocycles. The van der Waals surface area contributed by atoms with Crippen LogP contribution < -0.4 is 5.56 Å². The standard InChI is InChI=1S/C17H17NO6/c19-14-11-9-22-15(20)16(21,8-10-1-2-10)12(11)7-13-17(3-4-18(13)14)23-5-6-24-17/h5-7,10,21H,1-4,8-9H2. The Hall–Kier alpha value is -2.28. The molecule has 4 heterocycles. The van der Waals surface area contributed by atoms with Gasteiger partial charge in [-0.3, -0.25) is 4.79 Å². The summed E-state index contributed by atoms with van der Waals surface area (Å²) in [5, 5.41) is 11.1. The second kappa shape index (κ2) is 4.42. The quantitative estimate of drug-likeness (QED) is 0.813. The van der Waals surface area contributed by atoms with E-state index in [-0.39, 0.29) is 18.6 Å². The van der Waals surface area contributed by atoms with Crippen molar-refractivity contribution < 1.29 is 24.1 Å². The summed E-state index contributed by atoms with van der Waals surface area (Å²) in [5.74, 6) is -1.42. The van der Waals surface area contributed by atoms with Gasteiger partial charge in [-0.15, -0.1) is 0 Å². The third-order valence-electron chi connectivity index (χ3n) is 5.44. The number of hydrogen-bond donors (Lipinski definition) is 1. The lowest BCUT2D eigenvalue weighted by atomic mass is 9.83. The Bertz CT molecular complexity index is 828. The third kappa shape index (κ3) is 1.70. The summed E-state index contributed by atoms with van der Waals surface area (Å²) in [4.78, 5) is 25.2. The maximum absolute atomic E-state index is 12.9. The van der Waals surface area contributed by atoms with E-state index >= 15 is 0 Å². The van der Waals surface area contributed by atoms with Crippen LogP contribution in [0.1, 0.15) is 42.5 Å². The summed E-state index contributed by atoms with van der Waals surface area (Å²) >= 11 is 0. The van der Waals surface area contributed by atoms with Gasteiger partial charge in [0.05, 0.1) is 5.56 Å². The summed E-state index contributed by atoms with van der Waals surface area (Å²) in [6, 6.07) is 1.69. The molecule has 1 aliphatic carbocycles. The molecule has 1 atom stereocenters. The molecule has 24 heavy (non-hydrogen) atoms. The molecule has 0 saturated heterocycles. The monoisotopic (exact) mass is 331 g/mol. The van der Waals surface area contributed by atoms with Crippen molar-refractivity contribution in [2.24, 2.45) is 5.92 Å². The summed E-state index contributed by atoms with van der Waals surface area (Å²) < 4.78 is 17.9. The number of carbonyl (C=O) groups excluding carboxylic acids is 1. The number of aliphatic hydroxyl groups is 1. The zero-order valence-electron chi connectivity index (χ0n) is 13.0. The Labute approximate surface area is 137 Å². The molecule has 1 spiro atoms. The van der Waals surface area contributed by atoms with Crippen LogP contribution in [0.4, 0.5) is 0 Å². The fourth-order valence-electron chi connectivity index (χ4n) is 3.96. The molecule has 0 bridgehead atoms. The minimum atomic E-state index is -1.76. The number of rotatable bonds is 2. The predicted molar refractivity (Wildman–Crippen MR) is 79.3 cm³/mol. The average Bonchev–Trinajstić information content (AvgIpc) is 3.12. The lowest BCUT2D eigenvalue weighted by molar-refractivity contribution is -0.173. The number of carbonyl (C=O) groups is 1. The average molecular weight is 331 g/mol. The molecular formula is C17H17NO6. The second-order valence-electron chi connectivity index (χ2n) is 6.97. The molecule has 1 aromatic rings. The molecule has 126 valence electrons. The van der Waals surface area contributed by atoms with Gasteiger partial charge in [-0.25, -0.2) is 4.79 Å². The number of pyridine rings is 1. The van der Waals surface area contributed by atoms with Gasteiger partial charge in [0.2, 0.25) is 0 Å². The largest absolute Gasteiger partial charge is 0.458 e. The number of esters is 1. The van der Waals surface area contributed by atoms with Gasteiger partial charge in [0.25, 0.3) is 11.3 Å². The molecule has 0 radical (unpaired) electrons. The van der Waals surface area contributed by atoms with Gasteiger partial charge in [0.1, 0.15) is 24.8 Å². The summed E-state index contributed by atoms with van der Waals surface area (Å²) in [5.41, 5.74) is -0.772. The predicted octanol–water partition coefficient (Wildman–Crippen LogP) is 0.967. The van der Waals surface area contributed by atoms with Crippen LogP contribution in [0.2, 0.25) is 0 Å². The molecule has 7 nitrogen and oxygen atoms in total. The van der Waals surface area contributed by atoms with Gasteiger partial charge in [0, 0.05) is 18.5 Å². The van der Waals surface area contributed by atoms with Crippen molar-refractivity contribution in [1.29, 1.82) is 0 Å². The van der Waals surface area contributed by atoms with Crippen LogP contribution in [-0.2, 0) is 43.5 Å². The van der Waals surface area contributed by atoms with Crippen LogP contribution in [-0.4, -0.2) is 15.6 Å². The van der Waals surface area contributed by atoms with Crippen LogP contribution in [0, 0.1) is 5.92 Å². The van der Waals surface area contributed by atoms with Crippen molar-refractivity contribution in [3.8, 4) is 0 Å². The minimum Gasteiger partial charge on any atom is -0.458 e. The number of cyclic esters (lactones) is 1. The van der Waals surface area contributed by atoms with Crippen molar-refractivity contribution in [3.63, 3.8) is 0 Å². The van der Waals surface area contributed by atoms with E-state index in [0.717, 1.165) is 12.8 Å². The first-order valence-electron chi connectivity index (χ1n) is 8.21. The Morgan fingerprint density at radius 1 is 1.25 bits per heavy atom. The second-order valence-corrected chi connectivity index (χ2v) is 6.97. The first-order valence-corrected chi connectivity index (χ1v) is 8.21. The van der Waals surface area contributed by atoms with Crippen molar-refractivity contribution in [2.75, 3.05) is 0 Å². The molecule has 0 aromatic carbocycles. The van der Waals surface area contributed by atoms with Gasteiger partial charge in [-0.2, -0.15) is 0 Å². The third-order valence-corrected chi connectivity index (χ3v) is 5.44. The highest BCUT2D eigenvalue weighted by Gasteiger charge is 2.52. The van der Waals surface area contributed by atoms with Gasteiger partial charge < -0.3 is 23.9 Å². The molecule has 1 N–H and O–H groups in total. The molecule has 1 aromatic heterocycles. The van der Waals surface area contributed by atoms with E-state index in [1.54, 1.807) is 10.6 Å². The molecule has 1 unspecified atom stereocenters. The van der Waals surface area contributed by atoms with Gasteiger partial charge in [-0.05, 0) is 18.4 Å². The first kappa shape index (κ1) is 14.1. The lowest BCUT2D eigenvalue weighted by Gasteiger charge is -2.33. The Morgan fingerprint density at radius 3 is 2.71 bits per heavy atom. The molecule has 3 aliphatic heterocycles. The number of hydrogen-bond acceptors (Lipinski definition) is 6. The fraction of sp³-hybridized carbons (Fsp3) is 0.529. The highest BCUT2D eigenvalue weighted by atomic mass is 16.7. The number of nitrogens with zero attached hydrogens (tertiary/aromatic N) is 1. The Morgan fingerprint density at radius 2 is 2.00 bits per heavy atom. The van der Waals surface area contributed by atoms with Crippen molar-refractivity contribution in [1.82, 2.24) is 4.57 Å². The molecule has 0 amide bonds. The van der Waals surface area contributed by atoms with Gasteiger partial charge in [0.15, 0.2) is 5.60 Å². The zero-order chi connectivity index (χ0) is 16.5. The number of aromatic nitrogens is 1. The topological polar surface area (TPSA) is 87.0 Å². The molecule has 5 rings (SSSR count). The van der Waals surface area contributed by atoms with E-state index in [1.165, 1.54) is 12.5 Å². The van der Waals surface area contributed by atoms with Gasteiger partial charge in [-0.1, -0.05) is 12.8 Å². The lowest BCUT2D eigenvalue weighted by Crippen LogP contribution is -2.45. The summed E-state index contributed by atoms with van der Waals surface area (Å²) in [6.45, 7) is 0.353. The molecule has 4 aliphatic rings. The van der Waals surface area contributed by atoms with Crippen LogP contribution >= 0.6 is 0 Å². The van der Waals surface area contributed by atoms with E-state index in [4.69, 9.17) is 14.2 Å². The van der Waals surface area contributed by atoms with Gasteiger partial charge >= 0.3 is 5.97 Å². The smallest absolute Gasteiger partial charge is 0.343 e. The van der Waals surface area contributed by atoms with Crippen LogP contribution in [0.15, 0.2) is 23.4 Å². The van der Waals surface area contributed by atoms with E-state index < -0.39 is 17.4 Å². The zero-order valence-corrected chi connectivity index (χ0v) is 13.0. The highest BCUT2D eigenvalue weighted by molar-refractivity contribution is 5.83. The van der Waals surface area contributed by atoms with Crippen molar-refractivity contribution in [3.05, 3.63) is 45.8 Å². The minimum absolute atomic E-state index is 0.104. The SMILES string of the molecule is O=C1OCc2c(cc3n(c2=O)CCC32OC=CO2)C1(O)CC1CC1. The van der Waals surface area contributed by atoms with E-state index in [9.17, 15) is 14.7 Å². The van der Waals surface area contributed by atoms with Crippen LogP contribution in [0.3, 0.4) is 0 Å². The molecular weight excluding hydrogens is 314 g/mol. The van der Waals surface area contributed by atoms with E-state index in [0.29, 0.717) is 35.7 Å². The summed E-state index contributed by atoms with van der Waals surface area (Å²) in [6.07, 6.45) is 5.64. The molecule has 7 heteroatoms. The summed E-state index contributed by atoms with van der Waals surface area (Å²) in [7, 11) is 0. The van der Waals surface area contributed by atoms with E-state index in [2.05, 4.69) is 0 Å². The maximum atomic E-state index is 12.9. The van der Waals surface area contributed by atoms with Crippen LogP contribution in [0.25, 0.3) is 0 Å². The van der Waals surface area contributed by atoms with Crippen LogP contribution in [0.5, 0.6) is 0 Å². The number of fused-ring (bicyclic) bond motifs is 3. The molecule has 1 fully saturated rings. The highest BCUT2D eigenvalue weighted by Crippen LogP contribution is 2.46. The van der Waals surface area contributed by atoms with Crippen molar-refractivity contribution >= 4 is 5.97 Å². The normalized spacial score (nSPS) is 29.0. The first-order chi connectivity index (χ1) is 11.5. The fourth-order valence-corrected chi connectivity index (χ4v) is 3.96. The Kier molecular flexibility index (Phi) is 2.59. The van der Waals surface area contributed by atoms with E-state index in [1.807, 2.05) is 0 Å². The number of ether oxygens (including phenoxy) is 3. The Balaban J connectivity index is 1.71. The van der Waals surface area contributed by atoms with Crippen molar-refractivity contribution in [2.45, 2.75) is 50.2 Å².